The van der Waals surface area contributed by atoms with Gasteiger partial charge in [0.05, 0.1) is 5.57 Å². The molecule has 108 valence electrons. The fraction of sp³-hybridized carbons (Fsp3) is 0.500. The van der Waals surface area contributed by atoms with Crippen LogP contribution >= 0.6 is 0 Å². The molecule has 5 nitrogen and oxygen atoms in total. The first-order chi connectivity index (χ1) is 9.96. The van der Waals surface area contributed by atoms with E-state index in [1.807, 2.05) is 32.1 Å². The molecule has 1 atom stereocenters. The van der Waals surface area contributed by atoms with Crippen molar-refractivity contribution in [2.75, 3.05) is 18.0 Å². The molecule has 0 N–H and O–H groups in total. The topological polar surface area (TPSA) is 69.9 Å². The number of carbonyl (C=O) groups is 1. The summed E-state index contributed by atoms with van der Waals surface area (Å²) < 4.78 is 0. The van der Waals surface area contributed by atoms with Crippen molar-refractivity contribution in [2.24, 2.45) is 10.8 Å². The second kappa shape index (κ2) is 4.66. The first kappa shape index (κ1) is 13.7. The van der Waals surface area contributed by atoms with Crippen LogP contribution in [-0.4, -0.2) is 29.1 Å². The molecule has 1 spiro atoms. The molecule has 21 heavy (non-hydrogen) atoms. The highest BCUT2D eigenvalue weighted by atomic mass is 16.1. The standard InChI is InChI=1S/C16H18N4O/c1-15(2)10-16(8-12(9-17)14(15)21)5-7-20(11-16)13-4-3-6-18-19-13/h3-4,6,8H,5,7,10-11H2,1-2H3. The SMILES string of the molecule is CC1(C)CC2(C=C(C#N)C1=O)CCN(c1cccnn1)C2. The summed E-state index contributed by atoms with van der Waals surface area (Å²) in [6.45, 7) is 5.53. The lowest BCUT2D eigenvalue weighted by atomic mass is 9.64. The highest BCUT2D eigenvalue weighted by Crippen LogP contribution is 2.48. The van der Waals surface area contributed by atoms with Crippen molar-refractivity contribution in [3.8, 4) is 6.07 Å². The number of ketones is 1. The third-order valence-corrected chi connectivity index (χ3v) is 4.49. The second-order valence-corrected chi connectivity index (χ2v) is 6.68. The zero-order valence-corrected chi connectivity index (χ0v) is 12.3. The van der Waals surface area contributed by atoms with Gasteiger partial charge in [-0.2, -0.15) is 10.4 Å². The van der Waals surface area contributed by atoms with Gasteiger partial charge in [0, 0.05) is 30.1 Å². The summed E-state index contributed by atoms with van der Waals surface area (Å²) in [7, 11) is 0. The zero-order chi connectivity index (χ0) is 15.1. The number of carbonyl (C=O) groups excluding carboxylic acids is 1. The summed E-state index contributed by atoms with van der Waals surface area (Å²) in [6.07, 6.45) is 5.27. The van der Waals surface area contributed by atoms with Gasteiger partial charge in [-0.15, -0.1) is 5.10 Å². The van der Waals surface area contributed by atoms with Gasteiger partial charge < -0.3 is 4.90 Å². The molecule has 1 saturated heterocycles. The van der Waals surface area contributed by atoms with E-state index in [2.05, 4.69) is 21.2 Å². The maximum absolute atomic E-state index is 12.2. The van der Waals surface area contributed by atoms with Crippen molar-refractivity contribution in [3.63, 3.8) is 0 Å². The van der Waals surface area contributed by atoms with E-state index < -0.39 is 5.41 Å². The summed E-state index contributed by atoms with van der Waals surface area (Å²) in [5.74, 6) is 0.824. The number of Topliss-reactive ketones (excluding diaryl/α,β-unsaturated/α-hetero) is 1. The number of nitrogens with zero attached hydrogens (tertiary/aromatic N) is 4. The van der Waals surface area contributed by atoms with Crippen LogP contribution in [0.4, 0.5) is 5.82 Å². The van der Waals surface area contributed by atoms with E-state index in [-0.39, 0.29) is 11.2 Å². The average molecular weight is 282 g/mol. The molecule has 2 aliphatic rings. The summed E-state index contributed by atoms with van der Waals surface area (Å²) in [5.41, 5.74) is -0.273. The second-order valence-electron chi connectivity index (χ2n) is 6.68. The summed E-state index contributed by atoms with van der Waals surface area (Å²) in [4.78, 5) is 14.4. The maximum Gasteiger partial charge on any atom is 0.178 e. The van der Waals surface area contributed by atoms with Crippen molar-refractivity contribution in [2.45, 2.75) is 26.7 Å². The summed E-state index contributed by atoms with van der Waals surface area (Å²) >= 11 is 0. The van der Waals surface area contributed by atoms with Crippen molar-refractivity contribution in [1.82, 2.24) is 10.2 Å². The predicted molar refractivity (Wildman–Crippen MR) is 78.4 cm³/mol. The Morgan fingerprint density at radius 1 is 1.43 bits per heavy atom. The molecule has 2 heterocycles. The molecule has 1 aromatic heterocycles. The van der Waals surface area contributed by atoms with Gasteiger partial charge in [0.1, 0.15) is 6.07 Å². The van der Waals surface area contributed by atoms with Crippen LogP contribution in [0, 0.1) is 22.2 Å². The van der Waals surface area contributed by atoms with Crippen LogP contribution in [0.1, 0.15) is 26.7 Å². The number of hydrogen-bond donors (Lipinski definition) is 0. The predicted octanol–water partition coefficient (Wildman–Crippen LogP) is 2.12. The average Bonchev–Trinajstić information content (AvgIpc) is 2.87. The van der Waals surface area contributed by atoms with Crippen LogP contribution in [0.15, 0.2) is 30.0 Å². The smallest absolute Gasteiger partial charge is 0.178 e. The molecule has 0 bridgehead atoms. The first-order valence-electron chi connectivity index (χ1n) is 7.16. The summed E-state index contributed by atoms with van der Waals surface area (Å²) in [6, 6.07) is 5.90. The van der Waals surface area contributed by atoms with Crippen LogP contribution in [0.2, 0.25) is 0 Å². The third-order valence-electron chi connectivity index (χ3n) is 4.49. The van der Waals surface area contributed by atoms with E-state index in [9.17, 15) is 10.1 Å². The number of rotatable bonds is 1. The van der Waals surface area contributed by atoms with Crippen LogP contribution in [-0.2, 0) is 4.79 Å². The van der Waals surface area contributed by atoms with Gasteiger partial charge in [-0.1, -0.05) is 19.9 Å². The van der Waals surface area contributed by atoms with Crippen LogP contribution in [0.3, 0.4) is 0 Å². The van der Waals surface area contributed by atoms with Crippen molar-refractivity contribution in [1.29, 1.82) is 5.26 Å². The van der Waals surface area contributed by atoms with Gasteiger partial charge in [0.15, 0.2) is 11.6 Å². The lowest BCUT2D eigenvalue weighted by Gasteiger charge is -2.38. The molecule has 0 aromatic carbocycles. The highest BCUT2D eigenvalue weighted by Gasteiger charge is 2.48. The third kappa shape index (κ3) is 2.31. The minimum Gasteiger partial charge on any atom is -0.354 e. The van der Waals surface area contributed by atoms with Crippen molar-refractivity contribution in [3.05, 3.63) is 30.0 Å². The molecular formula is C16H18N4O. The molecule has 1 aromatic rings. The van der Waals surface area contributed by atoms with E-state index in [0.717, 1.165) is 31.7 Å². The lowest BCUT2D eigenvalue weighted by molar-refractivity contribution is -0.125. The maximum atomic E-state index is 12.2. The quantitative estimate of drug-likeness (QED) is 0.789. The van der Waals surface area contributed by atoms with Crippen molar-refractivity contribution >= 4 is 11.6 Å². The lowest BCUT2D eigenvalue weighted by Crippen LogP contribution is -2.40. The molecule has 1 aliphatic heterocycles. The molecule has 1 fully saturated rings. The van der Waals surface area contributed by atoms with Crippen molar-refractivity contribution < 1.29 is 4.79 Å². The van der Waals surface area contributed by atoms with Gasteiger partial charge in [-0.3, -0.25) is 4.79 Å². The molecular weight excluding hydrogens is 264 g/mol. The van der Waals surface area contributed by atoms with Gasteiger partial charge in [-0.05, 0) is 25.0 Å². The molecule has 1 aliphatic carbocycles. The Bertz CT molecular complexity index is 644. The first-order valence-corrected chi connectivity index (χ1v) is 7.16. The van der Waals surface area contributed by atoms with Crippen LogP contribution < -0.4 is 4.90 Å². The van der Waals surface area contributed by atoms with E-state index in [4.69, 9.17) is 0 Å². The van der Waals surface area contributed by atoms with E-state index in [1.54, 1.807) is 6.20 Å². The van der Waals surface area contributed by atoms with Gasteiger partial charge in [0.25, 0.3) is 0 Å². The van der Waals surface area contributed by atoms with E-state index in [0.29, 0.717) is 5.57 Å². The monoisotopic (exact) mass is 282 g/mol. The Morgan fingerprint density at radius 2 is 2.24 bits per heavy atom. The molecule has 3 rings (SSSR count). The summed E-state index contributed by atoms with van der Waals surface area (Å²) in [5, 5.41) is 17.3. The molecule has 0 radical (unpaired) electrons. The normalized spacial score (nSPS) is 27.6. The minimum atomic E-state index is -0.474. The Balaban J connectivity index is 1.92. The van der Waals surface area contributed by atoms with Crippen LogP contribution in [0.5, 0.6) is 0 Å². The Kier molecular flexibility index (Phi) is 3.05. The Labute approximate surface area is 124 Å². The number of aromatic nitrogens is 2. The largest absolute Gasteiger partial charge is 0.354 e. The van der Waals surface area contributed by atoms with Crippen LogP contribution in [0.25, 0.3) is 0 Å². The van der Waals surface area contributed by atoms with Gasteiger partial charge in [-0.25, -0.2) is 0 Å². The zero-order valence-electron chi connectivity index (χ0n) is 12.3. The molecule has 0 amide bonds. The fourth-order valence-corrected chi connectivity index (χ4v) is 3.65. The number of nitriles is 1. The molecule has 1 unspecified atom stereocenters. The van der Waals surface area contributed by atoms with E-state index >= 15 is 0 Å². The molecule has 5 heteroatoms. The Morgan fingerprint density at radius 3 is 2.90 bits per heavy atom. The number of anilines is 1. The number of allylic oxidation sites excluding steroid dienone is 1. The van der Waals surface area contributed by atoms with Gasteiger partial charge >= 0.3 is 0 Å². The van der Waals surface area contributed by atoms with E-state index in [1.165, 1.54) is 0 Å². The highest BCUT2D eigenvalue weighted by molar-refractivity contribution is 6.03. The van der Waals surface area contributed by atoms with Gasteiger partial charge in [0.2, 0.25) is 0 Å². The fourth-order valence-electron chi connectivity index (χ4n) is 3.65. The molecule has 0 saturated carbocycles. The minimum absolute atomic E-state index is 0.0337. The number of hydrogen-bond acceptors (Lipinski definition) is 5. The Hall–Kier alpha value is -2.22.